The van der Waals surface area contributed by atoms with E-state index in [1.54, 1.807) is 24.3 Å². The molecule has 1 atom stereocenters. The van der Waals surface area contributed by atoms with Gasteiger partial charge in [0.05, 0.1) is 4.90 Å². The number of fused-ring (bicyclic) bond motifs is 1. The van der Waals surface area contributed by atoms with Crippen LogP contribution in [0.25, 0.3) is 10.8 Å². The first-order valence-electron chi connectivity index (χ1n) is 6.77. The van der Waals surface area contributed by atoms with Crippen LogP contribution >= 0.6 is 11.6 Å². The first kappa shape index (κ1) is 14.7. The molecule has 0 radical (unpaired) electrons. The topological polar surface area (TPSA) is 62.3 Å². The summed E-state index contributed by atoms with van der Waals surface area (Å²) < 4.78 is 27.3. The summed E-state index contributed by atoms with van der Waals surface area (Å²) in [4.78, 5) is 4.29. The molecule has 1 saturated heterocycles. The molecule has 1 aromatic heterocycles. The van der Waals surface area contributed by atoms with Crippen LogP contribution in [-0.4, -0.2) is 43.4 Å². The summed E-state index contributed by atoms with van der Waals surface area (Å²) in [5, 5.41) is 4.83. The van der Waals surface area contributed by atoms with Gasteiger partial charge < -0.3 is 5.32 Å². The summed E-state index contributed by atoms with van der Waals surface area (Å²) in [5.74, 6) is 0. The van der Waals surface area contributed by atoms with Crippen molar-refractivity contribution in [3.63, 3.8) is 0 Å². The molecule has 1 N–H and O–H groups in total. The first-order valence-corrected chi connectivity index (χ1v) is 8.59. The van der Waals surface area contributed by atoms with E-state index in [1.165, 1.54) is 10.5 Å². The predicted octanol–water partition coefficient (Wildman–Crippen LogP) is 1.87. The Kier molecular flexibility index (Phi) is 3.88. The lowest BCUT2D eigenvalue weighted by Gasteiger charge is -2.31. The minimum atomic E-state index is -3.53. The molecule has 1 aliphatic rings. The van der Waals surface area contributed by atoms with Crippen LogP contribution in [0.15, 0.2) is 35.4 Å². The van der Waals surface area contributed by atoms with E-state index in [9.17, 15) is 8.42 Å². The zero-order valence-corrected chi connectivity index (χ0v) is 13.2. The van der Waals surface area contributed by atoms with E-state index in [0.717, 1.165) is 0 Å². The molecule has 1 aromatic carbocycles. The van der Waals surface area contributed by atoms with Gasteiger partial charge in [-0.2, -0.15) is 4.31 Å². The summed E-state index contributed by atoms with van der Waals surface area (Å²) in [6.45, 7) is 3.58. The summed E-state index contributed by atoms with van der Waals surface area (Å²) >= 11 is 6.06. The molecule has 1 fully saturated rings. The van der Waals surface area contributed by atoms with Gasteiger partial charge in [0.25, 0.3) is 0 Å². The fourth-order valence-corrected chi connectivity index (χ4v) is 4.58. The van der Waals surface area contributed by atoms with Crippen molar-refractivity contribution in [2.75, 3.05) is 19.6 Å². The van der Waals surface area contributed by atoms with E-state index in [1.807, 2.05) is 6.92 Å². The van der Waals surface area contributed by atoms with Crippen LogP contribution in [0.4, 0.5) is 0 Å². The lowest BCUT2D eigenvalue weighted by Crippen LogP contribution is -2.51. The zero-order chi connectivity index (χ0) is 15.0. The second kappa shape index (κ2) is 5.53. The molecule has 5 nitrogen and oxygen atoms in total. The average molecular weight is 326 g/mol. The monoisotopic (exact) mass is 325 g/mol. The largest absolute Gasteiger partial charge is 0.312 e. The Morgan fingerprint density at radius 1 is 1.33 bits per heavy atom. The van der Waals surface area contributed by atoms with Crippen molar-refractivity contribution in [3.05, 3.63) is 35.6 Å². The summed E-state index contributed by atoms with van der Waals surface area (Å²) in [6.07, 6.45) is 1.53. The van der Waals surface area contributed by atoms with Crippen molar-refractivity contribution < 1.29 is 8.42 Å². The second-order valence-electron chi connectivity index (χ2n) is 5.17. The minimum Gasteiger partial charge on any atom is -0.312 e. The van der Waals surface area contributed by atoms with Crippen molar-refractivity contribution in [1.82, 2.24) is 14.6 Å². The van der Waals surface area contributed by atoms with Crippen molar-refractivity contribution in [1.29, 1.82) is 0 Å². The van der Waals surface area contributed by atoms with Crippen molar-refractivity contribution in [3.8, 4) is 0 Å². The van der Waals surface area contributed by atoms with Gasteiger partial charge in [-0.3, -0.25) is 0 Å². The van der Waals surface area contributed by atoms with Crippen LogP contribution in [-0.2, 0) is 10.0 Å². The number of hydrogen-bond acceptors (Lipinski definition) is 4. The van der Waals surface area contributed by atoms with Crippen molar-refractivity contribution >= 4 is 32.4 Å². The van der Waals surface area contributed by atoms with Gasteiger partial charge in [-0.15, -0.1) is 0 Å². The molecule has 7 heteroatoms. The Labute approximate surface area is 129 Å². The maximum absolute atomic E-state index is 12.9. The summed E-state index contributed by atoms with van der Waals surface area (Å²) in [6, 6.07) is 6.95. The second-order valence-corrected chi connectivity index (χ2v) is 7.44. The Bertz CT molecular complexity index is 779. The van der Waals surface area contributed by atoms with E-state index in [2.05, 4.69) is 10.3 Å². The number of pyridine rings is 1. The Hall–Kier alpha value is -1.21. The number of sulfonamides is 1. The van der Waals surface area contributed by atoms with Crippen LogP contribution in [0.1, 0.15) is 6.92 Å². The number of piperazine rings is 1. The summed E-state index contributed by atoms with van der Waals surface area (Å²) in [5.41, 5.74) is 0. The maximum atomic E-state index is 12.9. The Balaban J connectivity index is 2.13. The van der Waals surface area contributed by atoms with E-state index >= 15 is 0 Å². The number of nitrogens with one attached hydrogen (secondary N) is 1. The third kappa shape index (κ3) is 2.64. The summed E-state index contributed by atoms with van der Waals surface area (Å²) in [7, 11) is -3.53. The van der Waals surface area contributed by atoms with Crippen LogP contribution < -0.4 is 5.32 Å². The highest BCUT2D eigenvalue weighted by Crippen LogP contribution is 2.29. The molecule has 0 aliphatic carbocycles. The van der Waals surface area contributed by atoms with Crippen LogP contribution in [0.5, 0.6) is 0 Å². The number of hydrogen-bond donors (Lipinski definition) is 1. The first-order chi connectivity index (χ1) is 10.00. The molecule has 1 unspecified atom stereocenters. The molecule has 2 heterocycles. The van der Waals surface area contributed by atoms with Crippen LogP contribution in [0.2, 0.25) is 5.15 Å². The fourth-order valence-electron chi connectivity index (χ4n) is 2.62. The molecule has 3 rings (SSSR count). The van der Waals surface area contributed by atoms with E-state index in [0.29, 0.717) is 40.5 Å². The van der Waals surface area contributed by atoms with Gasteiger partial charge in [-0.25, -0.2) is 13.4 Å². The maximum Gasteiger partial charge on any atom is 0.243 e. The molecule has 0 saturated carbocycles. The van der Waals surface area contributed by atoms with Gasteiger partial charge in [0.1, 0.15) is 5.15 Å². The third-order valence-corrected chi connectivity index (χ3v) is 5.89. The Morgan fingerprint density at radius 3 is 2.90 bits per heavy atom. The molecular formula is C14H16ClN3O2S. The van der Waals surface area contributed by atoms with Crippen LogP contribution in [0.3, 0.4) is 0 Å². The van der Waals surface area contributed by atoms with Crippen molar-refractivity contribution in [2.45, 2.75) is 17.9 Å². The SMILES string of the molecule is CC1CN(S(=O)(=O)c2cccc3c(Cl)nccc23)CCN1. The van der Waals surface area contributed by atoms with E-state index < -0.39 is 10.0 Å². The molecule has 0 spiro atoms. The average Bonchev–Trinajstić information content (AvgIpc) is 2.47. The molecule has 21 heavy (non-hydrogen) atoms. The number of halogens is 1. The molecular weight excluding hydrogens is 310 g/mol. The molecule has 2 aromatic rings. The molecule has 112 valence electrons. The van der Waals surface area contributed by atoms with Crippen molar-refractivity contribution in [2.24, 2.45) is 0 Å². The quantitative estimate of drug-likeness (QED) is 0.856. The highest BCUT2D eigenvalue weighted by Gasteiger charge is 2.29. The highest BCUT2D eigenvalue weighted by molar-refractivity contribution is 7.89. The van der Waals surface area contributed by atoms with Gasteiger partial charge in [-0.1, -0.05) is 23.7 Å². The minimum absolute atomic E-state index is 0.147. The van der Waals surface area contributed by atoms with Gasteiger partial charge in [0.15, 0.2) is 0 Å². The lowest BCUT2D eigenvalue weighted by molar-refractivity contribution is 0.310. The predicted molar refractivity (Wildman–Crippen MR) is 83.0 cm³/mol. The number of rotatable bonds is 2. The normalized spacial score (nSPS) is 20.8. The van der Waals surface area contributed by atoms with E-state index in [-0.39, 0.29) is 6.04 Å². The number of nitrogens with zero attached hydrogens (tertiary/aromatic N) is 2. The lowest BCUT2D eigenvalue weighted by atomic mass is 10.2. The third-order valence-electron chi connectivity index (χ3n) is 3.67. The van der Waals surface area contributed by atoms with Gasteiger partial charge in [0.2, 0.25) is 10.0 Å². The molecule has 1 aliphatic heterocycles. The van der Waals surface area contributed by atoms with Gasteiger partial charge in [-0.05, 0) is 19.1 Å². The molecule has 0 bridgehead atoms. The van der Waals surface area contributed by atoms with Gasteiger partial charge in [0, 0.05) is 42.6 Å². The Morgan fingerprint density at radius 2 is 2.14 bits per heavy atom. The number of benzene rings is 1. The zero-order valence-electron chi connectivity index (χ0n) is 11.6. The van der Waals surface area contributed by atoms with Gasteiger partial charge >= 0.3 is 0 Å². The van der Waals surface area contributed by atoms with E-state index in [4.69, 9.17) is 11.6 Å². The smallest absolute Gasteiger partial charge is 0.243 e. The standard InChI is InChI=1S/C14H16ClN3O2S/c1-10-9-18(8-7-16-10)21(19,20)13-4-2-3-12-11(13)5-6-17-14(12)15/h2-6,10,16H,7-9H2,1H3. The highest BCUT2D eigenvalue weighted by atomic mass is 35.5. The molecule has 0 amide bonds. The number of aromatic nitrogens is 1. The van der Waals surface area contributed by atoms with Crippen LogP contribution in [0, 0.1) is 0 Å². The fraction of sp³-hybridized carbons (Fsp3) is 0.357.